The molecular formula is C24H27N3O3. The van der Waals surface area contributed by atoms with Gasteiger partial charge in [-0.15, -0.1) is 0 Å². The number of amides is 2. The molecular weight excluding hydrogens is 378 g/mol. The normalized spacial score (nSPS) is 19.1. The summed E-state index contributed by atoms with van der Waals surface area (Å²) < 4.78 is 7.60. The minimum absolute atomic E-state index is 0.0167. The Morgan fingerprint density at radius 3 is 2.37 bits per heavy atom. The van der Waals surface area contributed by atoms with Gasteiger partial charge in [0.05, 0.1) is 12.2 Å². The number of hydrogen-bond acceptors (Lipinski definition) is 3. The Labute approximate surface area is 176 Å². The summed E-state index contributed by atoms with van der Waals surface area (Å²) in [5.74, 6) is -0.103. The number of morpholine rings is 1. The molecule has 6 heteroatoms. The van der Waals surface area contributed by atoms with Gasteiger partial charge in [0, 0.05) is 43.1 Å². The van der Waals surface area contributed by atoms with Gasteiger partial charge in [0.15, 0.2) is 0 Å². The van der Waals surface area contributed by atoms with Crippen molar-refractivity contribution in [1.82, 2.24) is 14.8 Å². The lowest BCUT2D eigenvalue weighted by Crippen LogP contribution is -2.48. The second kappa shape index (κ2) is 8.32. The monoisotopic (exact) mass is 405 g/mol. The van der Waals surface area contributed by atoms with Gasteiger partial charge in [0.1, 0.15) is 5.69 Å². The van der Waals surface area contributed by atoms with Crippen LogP contribution in [0.25, 0.3) is 10.9 Å². The molecule has 1 N–H and O–H groups in total. The minimum atomic E-state index is -0.120. The Balaban J connectivity index is 1.39. The number of carbonyl (C=O) groups is 2. The number of nitrogens with one attached hydrogen (secondary N) is 1. The first-order valence-corrected chi connectivity index (χ1v) is 10.3. The quantitative estimate of drug-likeness (QED) is 0.724. The number of nitrogens with zero attached hydrogens (tertiary/aromatic N) is 2. The Morgan fingerprint density at radius 2 is 1.70 bits per heavy atom. The van der Waals surface area contributed by atoms with Gasteiger partial charge in [-0.1, -0.05) is 30.3 Å². The van der Waals surface area contributed by atoms with Gasteiger partial charge in [-0.25, -0.2) is 0 Å². The molecule has 1 fully saturated rings. The minimum Gasteiger partial charge on any atom is -0.372 e. The van der Waals surface area contributed by atoms with Crippen LogP contribution in [0.15, 0.2) is 54.6 Å². The van der Waals surface area contributed by atoms with E-state index in [0.29, 0.717) is 30.9 Å². The maximum atomic E-state index is 12.8. The summed E-state index contributed by atoms with van der Waals surface area (Å²) in [5.41, 5.74) is 3.25. The van der Waals surface area contributed by atoms with Crippen LogP contribution in [0.2, 0.25) is 0 Å². The van der Waals surface area contributed by atoms with Crippen molar-refractivity contribution in [2.45, 2.75) is 32.6 Å². The highest BCUT2D eigenvalue weighted by molar-refractivity contribution is 5.98. The SMILES string of the molecule is CC1CN(C(=O)c2ccc(CNC(=O)c3cc4ccccc4n3C)cc2)CC(C)O1. The molecule has 4 rings (SSSR count). The predicted octanol–water partition coefficient (Wildman–Crippen LogP) is 3.36. The van der Waals surface area contributed by atoms with E-state index in [0.717, 1.165) is 16.5 Å². The highest BCUT2D eigenvalue weighted by atomic mass is 16.5. The van der Waals surface area contributed by atoms with Crippen molar-refractivity contribution in [3.63, 3.8) is 0 Å². The summed E-state index contributed by atoms with van der Waals surface area (Å²) >= 11 is 0. The van der Waals surface area contributed by atoms with E-state index in [1.54, 1.807) is 0 Å². The molecule has 2 atom stereocenters. The molecule has 2 aromatic carbocycles. The van der Waals surface area contributed by atoms with E-state index in [2.05, 4.69) is 5.32 Å². The third-order valence-corrected chi connectivity index (χ3v) is 5.55. The predicted molar refractivity (Wildman–Crippen MR) is 116 cm³/mol. The van der Waals surface area contributed by atoms with Crippen molar-refractivity contribution >= 4 is 22.7 Å². The Bertz CT molecular complexity index is 1060. The number of benzene rings is 2. The molecule has 2 unspecified atom stereocenters. The standard InChI is InChI=1S/C24H27N3O3/c1-16-14-27(15-17(2)30-16)24(29)19-10-8-18(9-11-19)13-25-23(28)22-12-20-6-4-5-7-21(20)26(22)3/h4-12,16-17H,13-15H2,1-3H3,(H,25,28). The van der Waals surface area contributed by atoms with Gasteiger partial charge in [0.25, 0.3) is 11.8 Å². The smallest absolute Gasteiger partial charge is 0.268 e. The number of aryl methyl sites for hydroxylation is 1. The van der Waals surface area contributed by atoms with E-state index in [1.165, 1.54) is 0 Å². The molecule has 2 heterocycles. The lowest BCUT2D eigenvalue weighted by atomic mass is 10.1. The van der Waals surface area contributed by atoms with Crippen molar-refractivity contribution in [3.8, 4) is 0 Å². The van der Waals surface area contributed by atoms with E-state index in [1.807, 2.05) is 85.0 Å². The number of para-hydroxylation sites is 1. The molecule has 0 spiro atoms. The van der Waals surface area contributed by atoms with Crippen LogP contribution < -0.4 is 5.32 Å². The summed E-state index contributed by atoms with van der Waals surface area (Å²) in [4.78, 5) is 27.3. The second-order valence-corrected chi connectivity index (χ2v) is 7.99. The van der Waals surface area contributed by atoms with Gasteiger partial charge >= 0.3 is 0 Å². The molecule has 1 aliphatic heterocycles. The summed E-state index contributed by atoms with van der Waals surface area (Å²) in [6.07, 6.45) is 0.0858. The molecule has 1 saturated heterocycles. The van der Waals surface area contributed by atoms with Gasteiger partial charge in [-0.2, -0.15) is 0 Å². The number of ether oxygens (including phenoxy) is 1. The van der Waals surface area contributed by atoms with Gasteiger partial charge < -0.3 is 19.5 Å². The second-order valence-electron chi connectivity index (χ2n) is 7.99. The van der Waals surface area contributed by atoms with Crippen molar-refractivity contribution in [1.29, 1.82) is 0 Å². The lowest BCUT2D eigenvalue weighted by Gasteiger charge is -2.35. The van der Waals surface area contributed by atoms with Crippen LogP contribution in [0.1, 0.15) is 40.3 Å². The zero-order valence-corrected chi connectivity index (χ0v) is 17.6. The maximum absolute atomic E-state index is 12.8. The average molecular weight is 405 g/mol. The Morgan fingerprint density at radius 1 is 1.03 bits per heavy atom. The molecule has 30 heavy (non-hydrogen) atoms. The van der Waals surface area contributed by atoms with Gasteiger partial charge in [0.2, 0.25) is 0 Å². The van der Waals surface area contributed by atoms with Crippen LogP contribution in [0.3, 0.4) is 0 Å². The van der Waals surface area contributed by atoms with Crippen LogP contribution in [0.5, 0.6) is 0 Å². The highest BCUT2D eigenvalue weighted by Crippen LogP contribution is 2.18. The molecule has 0 aliphatic carbocycles. The van der Waals surface area contributed by atoms with Gasteiger partial charge in [-0.3, -0.25) is 9.59 Å². The average Bonchev–Trinajstić information content (AvgIpc) is 3.08. The van der Waals surface area contributed by atoms with Gasteiger partial charge in [-0.05, 0) is 43.7 Å². The van der Waals surface area contributed by atoms with E-state index in [4.69, 9.17) is 4.74 Å². The summed E-state index contributed by atoms with van der Waals surface area (Å²) in [7, 11) is 1.89. The van der Waals surface area contributed by atoms with Crippen LogP contribution in [-0.2, 0) is 18.3 Å². The molecule has 0 radical (unpaired) electrons. The van der Waals surface area contributed by atoms with E-state index >= 15 is 0 Å². The number of fused-ring (bicyclic) bond motifs is 1. The molecule has 3 aromatic rings. The summed E-state index contributed by atoms with van der Waals surface area (Å²) in [5, 5.41) is 4.01. The molecule has 0 bridgehead atoms. The summed E-state index contributed by atoms with van der Waals surface area (Å²) in [6.45, 7) is 5.58. The van der Waals surface area contributed by atoms with Crippen LogP contribution >= 0.6 is 0 Å². The third-order valence-electron chi connectivity index (χ3n) is 5.55. The third kappa shape index (κ3) is 4.09. The maximum Gasteiger partial charge on any atom is 0.268 e. The zero-order chi connectivity index (χ0) is 21.3. The zero-order valence-electron chi connectivity index (χ0n) is 17.6. The number of carbonyl (C=O) groups excluding carboxylic acids is 2. The van der Waals surface area contributed by atoms with E-state index in [9.17, 15) is 9.59 Å². The van der Waals surface area contributed by atoms with Crippen LogP contribution in [-0.4, -0.2) is 46.6 Å². The lowest BCUT2D eigenvalue weighted by molar-refractivity contribution is -0.0586. The molecule has 156 valence electrons. The number of aromatic nitrogens is 1. The van der Waals surface area contributed by atoms with E-state index < -0.39 is 0 Å². The fourth-order valence-electron chi connectivity index (χ4n) is 4.07. The molecule has 6 nitrogen and oxygen atoms in total. The first kappa shape index (κ1) is 20.2. The molecule has 1 aromatic heterocycles. The van der Waals surface area contributed by atoms with Crippen LogP contribution in [0.4, 0.5) is 0 Å². The van der Waals surface area contributed by atoms with Crippen molar-refractivity contribution in [2.75, 3.05) is 13.1 Å². The largest absolute Gasteiger partial charge is 0.372 e. The van der Waals surface area contributed by atoms with Crippen LogP contribution in [0, 0.1) is 0 Å². The first-order valence-electron chi connectivity index (χ1n) is 10.3. The Hall–Kier alpha value is -3.12. The molecule has 2 amide bonds. The highest BCUT2D eigenvalue weighted by Gasteiger charge is 2.26. The molecule has 0 saturated carbocycles. The van der Waals surface area contributed by atoms with E-state index in [-0.39, 0.29) is 24.0 Å². The van der Waals surface area contributed by atoms with Crippen molar-refractivity contribution in [3.05, 3.63) is 71.4 Å². The fraction of sp³-hybridized carbons (Fsp3) is 0.333. The van der Waals surface area contributed by atoms with Crippen molar-refractivity contribution < 1.29 is 14.3 Å². The first-order chi connectivity index (χ1) is 14.4. The Kier molecular flexibility index (Phi) is 5.59. The van der Waals surface area contributed by atoms with Crippen molar-refractivity contribution in [2.24, 2.45) is 7.05 Å². The molecule has 1 aliphatic rings. The number of hydrogen-bond donors (Lipinski definition) is 1. The number of rotatable bonds is 4. The topological polar surface area (TPSA) is 63.6 Å². The summed E-state index contributed by atoms with van der Waals surface area (Å²) in [6, 6.07) is 17.3. The fourth-order valence-corrected chi connectivity index (χ4v) is 4.07.